The summed E-state index contributed by atoms with van der Waals surface area (Å²) in [5.74, 6) is 0. The highest BCUT2D eigenvalue weighted by molar-refractivity contribution is 5.26. The molecule has 0 aliphatic rings. The summed E-state index contributed by atoms with van der Waals surface area (Å²) in [6.07, 6.45) is 3.22. The zero-order valence-electron chi connectivity index (χ0n) is 13.0. The fourth-order valence-corrected chi connectivity index (χ4v) is 2.26. The second kappa shape index (κ2) is 4.94. The van der Waals surface area contributed by atoms with E-state index in [2.05, 4.69) is 53.6 Å². The molecule has 0 saturated carbocycles. The fraction of sp³-hybridized carbons (Fsp3) is 0.800. The number of nitrogens with one attached hydrogen (secondary N) is 1. The first-order valence-electron chi connectivity index (χ1n) is 6.94. The Balaban J connectivity index is 3.38. The SMILES string of the molecule is CCCCc1[nH]n(C(C)(C)C)c(=O)c1C(C)(C)C. The molecule has 0 fully saturated rings. The van der Waals surface area contributed by atoms with Crippen molar-refractivity contribution in [3.63, 3.8) is 0 Å². The van der Waals surface area contributed by atoms with E-state index in [1.807, 2.05) is 0 Å². The van der Waals surface area contributed by atoms with Gasteiger partial charge in [0.2, 0.25) is 0 Å². The molecule has 0 spiro atoms. The highest BCUT2D eigenvalue weighted by Gasteiger charge is 2.28. The van der Waals surface area contributed by atoms with Crippen LogP contribution in [-0.4, -0.2) is 9.78 Å². The third-order valence-electron chi connectivity index (χ3n) is 3.17. The van der Waals surface area contributed by atoms with E-state index in [0.717, 1.165) is 30.5 Å². The summed E-state index contributed by atoms with van der Waals surface area (Å²) >= 11 is 0. The molecule has 1 heterocycles. The molecular formula is C15H28N2O. The van der Waals surface area contributed by atoms with Gasteiger partial charge in [-0.05, 0) is 39.0 Å². The number of rotatable bonds is 3. The minimum Gasteiger partial charge on any atom is -0.299 e. The zero-order valence-corrected chi connectivity index (χ0v) is 13.0. The number of unbranched alkanes of at least 4 members (excludes halogenated alkanes) is 1. The Morgan fingerprint density at radius 1 is 1.11 bits per heavy atom. The zero-order chi connectivity index (χ0) is 14.1. The molecule has 3 heteroatoms. The molecule has 18 heavy (non-hydrogen) atoms. The highest BCUT2D eigenvalue weighted by Crippen LogP contribution is 2.24. The molecule has 0 aromatic carbocycles. The summed E-state index contributed by atoms with van der Waals surface area (Å²) in [7, 11) is 0. The summed E-state index contributed by atoms with van der Waals surface area (Å²) in [6, 6.07) is 0. The average molecular weight is 252 g/mol. The van der Waals surface area contributed by atoms with Gasteiger partial charge in [0.05, 0.1) is 5.54 Å². The summed E-state index contributed by atoms with van der Waals surface area (Å²) in [5.41, 5.74) is 1.91. The van der Waals surface area contributed by atoms with Crippen LogP contribution in [0.2, 0.25) is 0 Å². The van der Waals surface area contributed by atoms with Crippen LogP contribution in [0.4, 0.5) is 0 Å². The molecule has 1 rings (SSSR count). The van der Waals surface area contributed by atoms with Crippen LogP contribution in [0, 0.1) is 0 Å². The van der Waals surface area contributed by atoms with Crippen LogP contribution >= 0.6 is 0 Å². The molecule has 104 valence electrons. The van der Waals surface area contributed by atoms with Crippen LogP contribution in [0.25, 0.3) is 0 Å². The molecule has 1 aromatic rings. The monoisotopic (exact) mass is 252 g/mol. The molecular weight excluding hydrogens is 224 g/mol. The Bertz CT molecular complexity index is 452. The first-order valence-corrected chi connectivity index (χ1v) is 6.94. The summed E-state index contributed by atoms with van der Waals surface area (Å²) in [5, 5.41) is 3.34. The average Bonchev–Trinajstić information content (AvgIpc) is 2.51. The van der Waals surface area contributed by atoms with Crippen molar-refractivity contribution >= 4 is 0 Å². The number of nitrogens with zero attached hydrogens (tertiary/aromatic N) is 1. The van der Waals surface area contributed by atoms with Crippen molar-refractivity contribution in [2.75, 3.05) is 0 Å². The molecule has 1 aromatic heterocycles. The second-order valence-corrected chi connectivity index (χ2v) is 7.13. The van der Waals surface area contributed by atoms with Gasteiger partial charge in [-0.2, -0.15) is 0 Å². The number of aromatic amines is 1. The van der Waals surface area contributed by atoms with Gasteiger partial charge in [-0.3, -0.25) is 9.89 Å². The lowest BCUT2D eigenvalue weighted by Crippen LogP contribution is -2.35. The number of aryl methyl sites for hydroxylation is 1. The molecule has 0 bridgehead atoms. The lowest BCUT2D eigenvalue weighted by atomic mass is 9.86. The largest absolute Gasteiger partial charge is 0.299 e. The molecule has 0 unspecified atom stereocenters. The van der Waals surface area contributed by atoms with E-state index in [1.165, 1.54) is 0 Å². The van der Waals surface area contributed by atoms with Crippen molar-refractivity contribution < 1.29 is 0 Å². The van der Waals surface area contributed by atoms with Gasteiger partial charge in [0.15, 0.2) is 0 Å². The first kappa shape index (κ1) is 15.1. The van der Waals surface area contributed by atoms with Crippen LogP contribution in [0.3, 0.4) is 0 Å². The molecule has 0 atom stereocenters. The Morgan fingerprint density at radius 3 is 2.06 bits per heavy atom. The Labute approximate surface area is 111 Å². The van der Waals surface area contributed by atoms with Crippen molar-refractivity contribution in [3.05, 3.63) is 21.6 Å². The van der Waals surface area contributed by atoms with E-state index in [4.69, 9.17) is 0 Å². The van der Waals surface area contributed by atoms with Crippen LogP contribution in [0.5, 0.6) is 0 Å². The van der Waals surface area contributed by atoms with E-state index < -0.39 is 0 Å². The highest BCUT2D eigenvalue weighted by atomic mass is 16.1. The van der Waals surface area contributed by atoms with E-state index in [0.29, 0.717) is 0 Å². The maximum atomic E-state index is 12.6. The molecule has 0 saturated heterocycles. The van der Waals surface area contributed by atoms with Crippen molar-refractivity contribution in [2.45, 2.75) is 78.7 Å². The fourth-order valence-electron chi connectivity index (χ4n) is 2.26. The minimum absolute atomic E-state index is 0.104. The third kappa shape index (κ3) is 3.06. The lowest BCUT2D eigenvalue weighted by molar-refractivity contribution is 0.342. The van der Waals surface area contributed by atoms with E-state index in [1.54, 1.807) is 4.68 Å². The van der Waals surface area contributed by atoms with Gasteiger partial charge in [0.25, 0.3) is 5.56 Å². The topological polar surface area (TPSA) is 37.8 Å². The van der Waals surface area contributed by atoms with Gasteiger partial charge in [0, 0.05) is 11.3 Å². The number of H-pyrrole nitrogens is 1. The predicted octanol–water partition coefficient (Wildman–Crippen LogP) is 3.57. The quantitative estimate of drug-likeness (QED) is 0.877. The van der Waals surface area contributed by atoms with E-state index in [-0.39, 0.29) is 16.5 Å². The molecule has 3 nitrogen and oxygen atoms in total. The van der Waals surface area contributed by atoms with Crippen molar-refractivity contribution in [3.8, 4) is 0 Å². The third-order valence-corrected chi connectivity index (χ3v) is 3.17. The second-order valence-electron chi connectivity index (χ2n) is 7.13. The molecule has 0 aliphatic heterocycles. The van der Waals surface area contributed by atoms with E-state index in [9.17, 15) is 4.79 Å². The predicted molar refractivity (Wildman–Crippen MR) is 77.4 cm³/mol. The number of hydrogen-bond donors (Lipinski definition) is 1. The van der Waals surface area contributed by atoms with Crippen molar-refractivity contribution in [1.82, 2.24) is 9.78 Å². The number of aromatic nitrogens is 2. The molecule has 0 amide bonds. The maximum absolute atomic E-state index is 12.6. The minimum atomic E-state index is -0.193. The molecule has 0 aliphatic carbocycles. The smallest absolute Gasteiger partial charge is 0.270 e. The van der Waals surface area contributed by atoms with Crippen LogP contribution in [0.15, 0.2) is 4.79 Å². The van der Waals surface area contributed by atoms with Gasteiger partial charge in [-0.15, -0.1) is 0 Å². The van der Waals surface area contributed by atoms with Gasteiger partial charge < -0.3 is 0 Å². The van der Waals surface area contributed by atoms with Crippen molar-refractivity contribution in [1.29, 1.82) is 0 Å². The molecule has 0 radical (unpaired) electrons. The standard InChI is InChI=1S/C15H28N2O/c1-8-9-10-11-12(14(2,3)4)13(18)17(16-11)15(5,6)7/h16H,8-10H2,1-7H3. The Hall–Kier alpha value is -0.990. The Kier molecular flexibility index (Phi) is 4.14. The summed E-state index contributed by atoms with van der Waals surface area (Å²) in [6.45, 7) is 14.7. The Morgan fingerprint density at radius 2 is 1.67 bits per heavy atom. The van der Waals surface area contributed by atoms with Gasteiger partial charge in [-0.1, -0.05) is 34.1 Å². The normalized spacial score (nSPS) is 13.1. The van der Waals surface area contributed by atoms with Gasteiger partial charge >= 0.3 is 0 Å². The summed E-state index contributed by atoms with van der Waals surface area (Å²) < 4.78 is 1.78. The van der Waals surface area contributed by atoms with E-state index >= 15 is 0 Å². The lowest BCUT2D eigenvalue weighted by Gasteiger charge is -2.20. The van der Waals surface area contributed by atoms with Crippen LogP contribution in [-0.2, 0) is 17.4 Å². The van der Waals surface area contributed by atoms with Crippen LogP contribution < -0.4 is 5.56 Å². The molecule has 1 N–H and O–H groups in total. The number of hydrogen-bond acceptors (Lipinski definition) is 1. The first-order chi connectivity index (χ1) is 8.09. The van der Waals surface area contributed by atoms with Gasteiger partial charge in [0.1, 0.15) is 0 Å². The maximum Gasteiger partial charge on any atom is 0.270 e. The summed E-state index contributed by atoms with van der Waals surface area (Å²) in [4.78, 5) is 12.6. The van der Waals surface area contributed by atoms with Gasteiger partial charge in [-0.25, -0.2) is 4.68 Å². The van der Waals surface area contributed by atoms with Crippen LogP contribution in [0.1, 0.15) is 72.6 Å². The van der Waals surface area contributed by atoms with Crippen molar-refractivity contribution in [2.24, 2.45) is 0 Å².